The van der Waals surface area contributed by atoms with Gasteiger partial charge in [0, 0.05) is 10.8 Å². The summed E-state index contributed by atoms with van der Waals surface area (Å²) in [7, 11) is 0. The second kappa shape index (κ2) is 4.52. The van der Waals surface area contributed by atoms with Gasteiger partial charge in [0.25, 0.3) is 0 Å². The number of anilines is 2. The molecular weight excluding hydrogens is 269 g/mol. The van der Waals surface area contributed by atoms with Crippen molar-refractivity contribution in [2.24, 2.45) is 0 Å². The van der Waals surface area contributed by atoms with E-state index in [0.29, 0.717) is 21.7 Å². The van der Waals surface area contributed by atoms with Crippen LogP contribution < -0.4 is 5.12 Å². The number of hydrogen-bond donors (Lipinski definition) is 1. The van der Waals surface area contributed by atoms with Crippen LogP contribution in [-0.2, 0) is 0 Å². The van der Waals surface area contributed by atoms with Gasteiger partial charge in [0.1, 0.15) is 6.33 Å². The molecule has 0 atom stereocenters. The molecule has 0 aliphatic heterocycles. The fraction of sp³-hybridized carbons (Fsp3) is 0. The third-order valence-corrected chi connectivity index (χ3v) is 3.36. The molecule has 6 heteroatoms. The standard InChI is InChI=1S/C15H10FN5/c16-21(11-5-6-13-10(7-11)8-19-20-13)15-12-3-1-2-4-14(12)17-9-18-15/h1-9H,(H,19,20). The number of benzene rings is 2. The normalized spacial score (nSPS) is 11.1. The fourth-order valence-electron chi connectivity index (χ4n) is 2.32. The lowest BCUT2D eigenvalue weighted by Gasteiger charge is -2.14. The lowest BCUT2D eigenvalue weighted by Crippen LogP contribution is -2.06. The molecule has 2 aromatic heterocycles. The molecule has 0 unspecified atom stereocenters. The number of para-hydroxylation sites is 1. The smallest absolute Gasteiger partial charge is 0.174 e. The van der Waals surface area contributed by atoms with E-state index in [9.17, 15) is 4.48 Å². The fourth-order valence-corrected chi connectivity index (χ4v) is 2.32. The molecule has 0 saturated carbocycles. The molecule has 1 N–H and O–H groups in total. The van der Waals surface area contributed by atoms with Gasteiger partial charge in [0.15, 0.2) is 5.82 Å². The van der Waals surface area contributed by atoms with Gasteiger partial charge in [-0.05, 0) is 30.3 Å². The zero-order valence-corrected chi connectivity index (χ0v) is 10.9. The van der Waals surface area contributed by atoms with Gasteiger partial charge < -0.3 is 0 Å². The third-order valence-electron chi connectivity index (χ3n) is 3.36. The Morgan fingerprint density at radius 1 is 1.05 bits per heavy atom. The van der Waals surface area contributed by atoms with Crippen LogP contribution in [0.4, 0.5) is 16.0 Å². The highest BCUT2D eigenvalue weighted by Gasteiger charge is 2.14. The van der Waals surface area contributed by atoms with Crippen LogP contribution >= 0.6 is 0 Å². The molecule has 21 heavy (non-hydrogen) atoms. The lowest BCUT2D eigenvalue weighted by atomic mass is 10.2. The minimum Gasteiger partial charge on any atom is -0.278 e. The molecule has 0 aliphatic rings. The summed E-state index contributed by atoms with van der Waals surface area (Å²) in [6.45, 7) is 0. The Hall–Kier alpha value is -3.02. The van der Waals surface area contributed by atoms with Gasteiger partial charge in [0.05, 0.1) is 22.9 Å². The number of nitrogens with one attached hydrogen (secondary N) is 1. The number of fused-ring (bicyclic) bond motifs is 2. The SMILES string of the molecule is FN(c1ccc2[nH]ncc2c1)c1ncnc2ccccc12. The molecule has 0 aliphatic carbocycles. The summed E-state index contributed by atoms with van der Waals surface area (Å²) in [5, 5.41) is 8.84. The number of rotatable bonds is 2. The Kier molecular flexibility index (Phi) is 2.53. The molecule has 2 aromatic carbocycles. The first-order valence-corrected chi connectivity index (χ1v) is 6.42. The van der Waals surface area contributed by atoms with E-state index in [-0.39, 0.29) is 5.82 Å². The summed E-state index contributed by atoms with van der Waals surface area (Å²) >= 11 is 0. The van der Waals surface area contributed by atoms with Crippen molar-refractivity contribution in [2.45, 2.75) is 0 Å². The molecule has 2 heterocycles. The zero-order chi connectivity index (χ0) is 14.2. The Morgan fingerprint density at radius 3 is 2.90 bits per heavy atom. The van der Waals surface area contributed by atoms with Crippen molar-refractivity contribution in [1.82, 2.24) is 20.2 Å². The molecular formula is C15H10FN5. The number of aromatic amines is 1. The van der Waals surface area contributed by atoms with E-state index < -0.39 is 0 Å². The van der Waals surface area contributed by atoms with Gasteiger partial charge in [0.2, 0.25) is 0 Å². The monoisotopic (exact) mass is 279 g/mol. The van der Waals surface area contributed by atoms with Gasteiger partial charge in [-0.2, -0.15) is 10.2 Å². The van der Waals surface area contributed by atoms with Crippen molar-refractivity contribution in [3.63, 3.8) is 0 Å². The maximum atomic E-state index is 14.7. The first-order chi connectivity index (χ1) is 10.3. The van der Waals surface area contributed by atoms with Gasteiger partial charge in [-0.25, -0.2) is 9.97 Å². The number of aromatic nitrogens is 4. The quantitative estimate of drug-likeness (QED) is 0.570. The predicted octanol–water partition coefficient (Wildman–Crippen LogP) is 3.53. The van der Waals surface area contributed by atoms with Gasteiger partial charge in [-0.3, -0.25) is 5.10 Å². The predicted molar refractivity (Wildman–Crippen MR) is 78.9 cm³/mol. The second-order valence-corrected chi connectivity index (χ2v) is 4.64. The number of halogens is 1. The molecule has 4 rings (SSSR count). The van der Waals surface area contributed by atoms with Crippen molar-refractivity contribution in [1.29, 1.82) is 0 Å². The first-order valence-electron chi connectivity index (χ1n) is 6.42. The Morgan fingerprint density at radius 2 is 1.95 bits per heavy atom. The van der Waals surface area contributed by atoms with Gasteiger partial charge in [-0.15, -0.1) is 0 Å². The summed E-state index contributed by atoms with van der Waals surface area (Å²) in [4.78, 5) is 8.21. The Balaban J connectivity index is 1.87. The average molecular weight is 279 g/mol. The van der Waals surface area contributed by atoms with Crippen LogP contribution in [0.25, 0.3) is 21.8 Å². The third kappa shape index (κ3) is 1.88. The van der Waals surface area contributed by atoms with Crippen LogP contribution in [-0.4, -0.2) is 20.2 Å². The highest BCUT2D eigenvalue weighted by Crippen LogP contribution is 2.31. The second-order valence-electron chi connectivity index (χ2n) is 4.64. The van der Waals surface area contributed by atoms with Crippen LogP contribution in [0.15, 0.2) is 55.0 Å². The zero-order valence-electron chi connectivity index (χ0n) is 10.9. The van der Waals surface area contributed by atoms with Crippen LogP contribution in [0, 0.1) is 0 Å². The van der Waals surface area contributed by atoms with E-state index in [2.05, 4.69) is 20.2 Å². The highest BCUT2D eigenvalue weighted by atomic mass is 19.2. The van der Waals surface area contributed by atoms with Crippen LogP contribution in [0.5, 0.6) is 0 Å². The number of H-pyrrole nitrogens is 1. The highest BCUT2D eigenvalue weighted by molar-refractivity contribution is 5.91. The molecule has 0 saturated heterocycles. The van der Waals surface area contributed by atoms with E-state index in [1.165, 1.54) is 6.33 Å². The topological polar surface area (TPSA) is 57.7 Å². The summed E-state index contributed by atoms with van der Waals surface area (Å²) in [5.74, 6) is 0.225. The molecule has 5 nitrogen and oxygen atoms in total. The molecule has 0 fully saturated rings. The van der Waals surface area contributed by atoms with E-state index in [1.54, 1.807) is 30.5 Å². The molecule has 0 radical (unpaired) electrons. The van der Waals surface area contributed by atoms with E-state index in [0.717, 1.165) is 10.9 Å². The Labute approximate surface area is 119 Å². The van der Waals surface area contributed by atoms with Crippen molar-refractivity contribution >= 4 is 33.3 Å². The van der Waals surface area contributed by atoms with E-state index in [1.807, 2.05) is 18.2 Å². The first kappa shape index (κ1) is 11.8. The van der Waals surface area contributed by atoms with Crippen LogP contribution in [0.2, 0.25) is 0 Å². The molecule has 102 valence electrons. The average Bonchev–Trinajstić information content (AvgIpc) is 3.01. The van der Waals surface area contributed by atoms with Gasteiger partial charge in [-0.1, -0.05) is 16.6 Å². The molecule has 0 bridgehead atoms. The Bertz CT molecular complexity index is 928. The van der Waals surface area contributed by atoms with Crippen molar-refractivity contribution in [3.8, 4) is 0 Å². The van der Waals surface area contributed by atoms with Crippen molar-refractivity contribution in [2.75, 3.05) is 5.12 Å². The van der Waals surface area contributed by atoms with Crippen molar-refractivity contribution in [3.05, 3.63) is 55.0 Å². The molecule has 0 amide bonds. The van der Waals surface area contributed by atoms with E-state index >= 15 is 0 Å². The summed E-state index contributed by atoms with van der Waals surface area (Å²) in [6.07, 6.45) is 3.02. The lowest BCUT2D eigenvalue weighted by molar-refractivity contribution is 0.501. The van der Waals surface area contributed by atoms with E-state index in [4.69, 9.17) is 0 Å². The van der Waals surface area contributed by atoms with Gasteiger partial charge >= 0.3 is 0 Å². The molecule has 4 aromatic rings. The minimum atomic E-state index is 0.225. The largest absolute Gasteiger partial charge is 0.278 e. The summed E-state index contributed by atoms with van der Waals surface area (Å²) < 4.78 is 14.7. The molecule has 0 spiro atoms. The van der Waals surface area contributed by atoms with Crippen LogP contribution in [0.1, 0.15) is 0 Å². The maximum absolute atomic E-state index is 14.7. The maximum Gasteiger partial charge on any atom is 0.174 e. The number of nitrogens with zero attached hydrogens (tertiary/aromatic N) is 4. The minimum absolute atomic E-state index is 0.225. The van der Waals surface area contributed by atoms with Crippen molar-refractivity contribution < 1.29 is 4.48 Å². The number of hydrogen-bond acceptors (Lipinski definition) is 4. The van der Waals surface area contributed by atoms with Crippen LogP contribution in [0.3, 0.4) is 0 Å². The summed E-state index contributed by atoms with van der Waals surface area (Å²) in [5.41, 5.74) is 1.96. The summed E-state index contributed by atoms with van der Waals surface area (Å²) in [6, 6.07) is 12.5.